The van der Waals surface area contributed by atoms with Gasteiger partial charge in [0.1, 0.15) is 0 Å². The van der Waals surface area contributed by atoms with Crippen LogP contribution in [0.3, 0.4) is 0 Å². The van der Waals surface area contributed by atoms with Gasteiger partial charge in [-0.3, -0.25) is 9.59 Å². The van der Waals surface area contributed by atoms with Gasteiger partial charge >= 0.3 is 6.03 Å². The molecule has 1 fully saturated rings. The van der Waals surface area contributed by atoms with Crippen molar-refractivity contribution >= 4 is 34.9 Å². The van der Waals surface area contributed by atoms with Gasteiger partial charge in [0.05, 0.1) is 6.26 Å². The number of likely N-dealkylation sites (tertiary alicyclic amines) is 1. The molecule has 1 aliphatic heterocycles. The van der Waals surface area contributed by atoms with Gasteiger partial charge in [-0.1, -0.05) is 24.3 Å². The van der Waals surface area contributed by atoms with Crippen LogP contribution >= 0.6 is 0 Å². The Labute approximate surface area is 185 Å². The number of nitrogens with zero attached hydrogens (tertiary/aromatic N) is 1. The average molecular weight is 432 g/mol. The largest absolute Gasteiger partial charge is 0.459 e. The van der Waals surface area contributed by atoms with Crippen LogP contribution in [-0.4, -0.2) is 35.8 Å². The van der Waals surface area contributed by atoms with Crippen molar-refractivity contribution in [3.8, 4) is 0 Å². The first kappa shape index (κ1) is 21.2. The molecule has 0 bridgehead atoms. The molecule has 8 heteroatoms. The molecule has 0 radical (unpaired) electrons. The van der Waals surface area contributed by atoms with E-state index in [1.165, 1.54) is 6.26 Å². The van der Waals surface area contributed by atoms with Gasteiger partial charge in [-0.2, -0.15) is 0 Å². The first-order chi connectivity index (χ1) is 15.6. The maximum Gasteiger partial charge on any atom is 0.323 e. The minimum atomic E-state index is -0.367. The predicted molar refractivity (Wildman–Crippen MR) is 121 cm³/mol. The van der Waals surface area contributed by atoms with Gasteiger partial charge in [-0.25, -0.2) is 4.79 Å². The van der Waals surface area contributed by atoms with E-state index < -0.39 is 0 Å². The molecule has 4 amide bonds. The van der Waals surface area contributed by atoms with Crippen LogP contribution in [-0.2, 0) is 4.79 Å². The van der Waals surface area contributed by atoms with E-state index in [0.29, 0.717) is 48.8 Å². The zero-order chi connectivity index (χ0) is 22.3. The fourth-order valence-electron chi connectivity index (χ4n) is 3.63. The van der Waals surface area contributed by atoms with E-state index in [2.05, 4.69) is 16.0 Å². The fourth-order valence-corrected chi connectivity index (χ4v) is 3.63. The number of para-hydroxylation sites is 1. The van der Waals surface area contributed by atoms with Crippen molar-refractivity contribution in [1.82, 2.24) is 4.90 Å². The fraction of sp³-hybridized carbons (Fsp3) is 0.208. The Bertz CT molecular complexity index is 1070. The number of benzene rings is 2. The molecule has 0 saturated carbocycles. The predicted octanol–water partition coefficient (Wildman–Crippen LogP) is 4.41. The van der Waals surface area contributed by atoms with Crippen molar-refractivity contribution in [2.24, 2.45) is 5.92 Å². The molecule has 0 atom stereocenters. The number of carbonyl (C=O) groups excluding carboxylic acids is 3. The van der Waals surface area contributed by atoms with Crippen LogP contribution in [0.2, 0.25) is 0 Å². The molecular weight excluding hydrogens is 408 g/mol. The number of furan rings is 1. The van der Waals surface area contributed by atoms with Crippen LogP contribution in [0, 0.1) is 5.92 Å². The number of piperidine rings is 1. The molecule has 1 aliphatic rings. The molecule has 0 unspecified atom stereocenters. The SMILES string of the molecule is O=C(Nc1ccccc1)Nc1cccc(NC(=O)C2CCN(C(=O)c3ccco3)CC2)c1. The van der Waals surface area contributed by atoms with E-state index in [9.17, 15) is 14.4 Å². The lowest BCUT2D eigenvalue weighted by Gasteiger charge is -2.30. The highest BCUT2D eigenvalue weighted by atomic mass is 16.3. The zero-order valence-corrected chi connectivity index (χ0v) is 17.4. The Morgan fingerprint density at radius 2 is 1.44 bits per heavy atom. The first-order valence-corrected chi connectivity index (χ1v) is 10.5. The highest BCUT2D eigenvalue weighted by Crippen LogP contribution is 2.22. The van der Waals surface area contributed by atoms with E-state index in [4.69, 9.17) is 4.42 Å². The molecule has 32 heavy (non-hydrogen) atoms. The number of hydrogen-bond acceptors (Lipinski definition) is 4. The van der Waals surface area contributed by atoms with Crippen molar-refractivity contribution in [1.29, 1.82) is 0 Å². The third-order valence-corrected chi connectivity index (χ3v) is 5.30. The number of urea groups is 1. The number of anilines is 3. The van der Waals surface area contributed by atoms with Crippen molar-refractivity contribution < 1.29 is 18.8 Å². The lowest BCUT2D eigenvalue weighted by atomic mass is 9.95. The second-order valence-electron chi connectivity index (χ2n) is 7.56. The second kappa shape index (κ2) is 9.82. The maximum absolute atomic E-state index is 12.7. The summed E-state index contributed by atoms with van der Waals surface area (Å²) in [7, 11) is 0. The van der Waals surface area contributed by atoms with Gasteiger partial charge < -0.3 is 25.3 Å². The third-order valence-electron chi connectivity index (χ3n) is 5.30. The Kier molecular flexibility index (Phi) is 6.50. The molecule has 2 aromatic carbocycles. The zero-order valence-electron chi connectivity index (χ0n) is 17.4. The quantitative estimate of drug-likeness (QED) is 0.555. The minimum absolute atomic E-state index is 0.0963. The molecule has 3 N–H and O–H groups in total. The maximum atomic E-state index is 12.7. The van der Waals surface area contributed by atoms with E-state index in [1.807, 2.05) is 18.2 Å². The van der Waals surface area contributed by atoms with Gasteiger partial charge in [-0.15, -0.1) is 0 Å². The summed E-state index contributed by atoms with van der Waals surface area (Å²) in [4.78, 5) is 39.0. The minimum Gasteiger partial charge on any atom is -0.459 e. The van der Waals surface area contributed by atoms with E-state index in [-0.39, 0.29) is 23.8 Å². The van der Waals surface area contributed by atoms with Gasteiger partial charge in [0.15, 0.2) is 5.76 Å². The number of carbonyl (C=O) groups is 3. The molecule has 0 aliphatic carbocycles. The molecule has 0 spiro atoms. The summed E-state index contributed by atoms with van der Waals surface area (Å²) in [6.45, 7) is 0.998. The van der Waals surface area contributed by atoms with Crippen molar-refractivity contribution in [2.45, 2.75) is 12.8 Å². The topological polar surface area (TPSA) is 104 Å². The van der Waals surface area contributed by atoms with Gasteiger partial charge in [0, 0.05) is 36.1 Å². The molecule has 3 aromatic rings. The average Bonchev–Trinajstić information content (AvgIpc) is 3.34. The summed E-state index contributed by atoms with van der Waals surface area (Å²) in [6, 6.07) is 19.1. The summed E-state index contributed by atoms with van der Waals surface area (Å²) < 4.78 is 5.17. The number of amides is 4. The van der Waals surface area contributed by atoms with E-state index in [1.54, 1.807) is 53.4 Å². The highest BCUT2D eigenvalue weighted by Gasteiger charge is 2.28. The third kappa shape index (κ3) is 5.34. The van der Waals surface area contributed by atoms with Gasteiger partial charge in [-0.05, 0) is 55.3 Å². The molecular formula is C24H24N4O4. The number of hydrogen-bond donors (Lipinski definition) is 3. The van der Waals surface area contributed by atoms with Crippen LogP contribution < -0.4 is 16.0 Å². The van der Waals surface area contributed by atoms with Crippen molar-refractivity contribution in [2.75, 3.05) is 29.0 Å². The Balaban J connectivity index is 1.28. The molecule has 4 rings (SSSR count). The Morgan fingerprint density at radius 1 is 0.781 bits per heavy atom. The first-order valence-electron chi connectivity index (χ1n) is 10.5. The second-order valence-corrected chi connectivity index (χ2v) is 7.56. The summed E-state index contributed by atoms with van der Waals surface area (Å²) in [6.07, 6.45) is 2.63. The summed E-state index contributed by atoms with van der Waals surface area (Å²) in [5.41, 5.74) is 1.85. The molecule has 8 nitrogen and oxygen atoms in total. The highest BCUT2D eigenvalue weighted by molar-refractivity contribution is 6.00. The summed E-state index contributed by atoms with van der Waals surface area (Å²) >= 11 is 0. The lowest BCUT2D eigenvalue weighted by molar-refractivity contribution is -0.121. The van der Waals surface area contributed by atoms with Crippen LogP contribution in [0.1, 0.15) is 23.4 Å². The standard InChI is InChI=1S/C24H24N4O4/c29-22(17-11-13-28(14-12-17)23(30)21-10-5-15-32-21)25-19-8-4-9-20(16-19)27-24(31)26-18-6-2-1-3-7-18/h1-10,15-17H,11-14H2,(H,25,29)(H2,26,27,31). The molecule has 164 valence electrons. The lowest BCUT2D eigenvalue weighted by Crippen LogP contribution is -2.41. The van der Waals surface area contributed by atoms with Crippen LogP contribution in [0.15, 0.2) is 77.4 Å². The van der Waals surface area contributed by atoms with Crippen LogP contribution in [0.25, 0.3) is 0 Å². The monoisotopic (exact) mass is 432 g/mol. The van der Waals surface area contributed by atoms with E-state index >= 15 is 0 Å². The van der Waals surface area contributed by atoms with Crippen molar-refractivity contribution in [3.63, 3.8) is 0 Å². The van der Waals surface area contributed by atoms with E-state index in [0.717, 1.165) is 0 Å². The molecule has 1 saturated heterocycles. The Hall–Kier alpha value is -4.07. The van der Waals surface area contributed by atoms with Crippen LogP contribution in [0.4, 0.5) is 21.9 Å². The number of rotatable bonds is 5. The van der Waals surface area contributed by atoms with Gasteiger partial charge in [0.2, 0.25) is 5.91 Å². The van der Waals surface area contributed by atoms with Crippen molar-refractivity contribution in [3.05, 3.63) is 78.8 Å². The summed E-state index contributed by atoms with van der Waals surface area (Å²) in [5.74, 6) is -0.121. The van der Waals surface area contributed by atoms with Crippen LogP contribution in [0.5, 0.6) is 0 Å². The van der Waals surface area contributed by atoms with Gasteiger partial charge in [0.25, 0.3) is 5.91 Å². The normalized spacial score (nSPS) is 13.9. The smallest absolute Gasteiger partial charge is 0.323 e. The summed E-state index contributed by atoms with van der Waals surface area (Å²) in [5, 5.41) is 8.42. The molecule has 1 aromatic heterocycles. The number of nitrogens with one attached hydrogen (secondary N) is 3. The molecule has 2 heterocycles. The Morgan fingerprint density at radius 3 is 2.12 bits per heavy atom.